The number of nitrogens with one attached hydrogen (secondary N) is 1. The van der Waals surface area contributed by atoms with Crippen LogP contribution in [0.5, 0.6) is 5.75 Å². The lowest BCUT2D eigenvalue weighted by molar-refractivity contribution is 0.348. The molecule has 1 unspecified atom stereocenters. The molecule has 1 aromatic carbocycles. The second-order valence-electron chi connectivity index (χ2n) is 4.65. The van der Waals surface area contributed by atoms with E-state index in [0.717, 1.165) is 16.5 Å². The Morgan fingerprint density at radius 2 is 2.26 bits per heavy atom. The van der Waals surface area contributed by atoms with Crippen LogP contribution < -0.4 is 15.2 Å². The largest absolute Gasteiger partial charge is 0.492 e. The lowest BCUT2D eigenvalue weighted by atomic mass is 10.2. The maximum Gasteiger partial charge on any atom is 0.244 e. The highest BCUT2D eigenvalue weighted by Crippen LogP contribution is 2.35. The van der Waals surface area contributed by atoms with Crippen molar-refractivity contribution in [1.29, 1.82) is 0 Å². The number of hydrogen-bond donors (Lipinski definition) is 2. The minimum atomic E-state index is -3.56. The number of fused-ring (bicyclic) bond motifs is 1. The molecule has 0 saturated carbocycles. The van der Waals surface area contributed by atoms with Gasteiger partial charge in [0.1, 0.15) is 10.6 Å². The number of nitrogens with two attached hydrogens (primary N) is 1. The predicted molar refractivity (Wildman–Crippen MR) is 76.8 cm³/mol. The van der Waals surface area contributed by atoms with E-state index < -0.39 is 10.0 Å². The summed E-state index contributed by atoms with van der Waals surface area (Å²) in [4.78, 5) is 0.194. The van der Waals surface area contributed by atoms with Crippen LogP contribution in [0.4, 0.5) is 0 Å². The zero-order chi connectivity index (χ0) is 14.0. The Morgan fingerprint density at radius 3 is 2.95 bits per heavy atom. The first kappa shape index (κ1) is 14.8. The van der Waals surface area contributed by atoms with Crippen LogP contribution in [-0.4, -0.2) is 27.6 Å². The van der Waals surface area contributed by atoms with Crippen molar-refractivity contribution in [1.82, 2.24) is 4.72 Å². The summed E-state index contributed by atoms with van der Waals surface area (Å²) in [5.74, 6) is 0.469. The van der Waals surface area contributed by atoms with Crippen LogP contribution in [0.3, 0.4) is 0 Å². The smallest absolute Gasteiger partial charge is 0.244 e. The van der Waals surface area contributed by atoms with Crippen molar-refractivity contribution in [2.45, 2.75) is 30.7 Å². The Morgan fingerprint density at radius 1 is 1.53 bits per heavy atom. The van der Waals surface area contributed by atoms with E-state index >= 15 is 0 Å². The molecule has 0 fully saturated rings. The molecule has 1 atom stereocenters. The van der Waals surface area contributed by atoms with Crippen molar-refractivity contribution < 1.29 is 13.2 Å². The van der Waals surface area contributed by atoms with E-state index in [1.807, 2.05) is 13.0 Å². The van der Waals surface area contributed by atoms with Crippen LogP contribution in [0.2, 0.25) is 0 Å². The van der Waals surface area contributed by atoms with Gasteiger partial charge in [-0.3, -0.25) is 0 Å². The van der Waals surface area contributed by atoms with Crippen molar-refractivity contribution >= 4 is 26.0 Å². The summed E-state index contributed by atoms with van der Waals surface area (Å²) in [5.41, 5.74) is 6.53. The monoisotopic (exact) mass is 348 g/mol. The van der Waals surface area contributed by atoms with Gasteiger partial charge in [-0.15, -0.1) is 0 Å². The van der Waals surface area contributed by atoms with E-state index in [2.05, 4.69) is 20.7 Å². The average molecular weight is 349 g/mol. The Labute approximate surface area is 121 Å². The summed E-state index contributed by atoms with van der Waals surface area (Å²) in [6.07, 6.45) is 1.33. The molecule has 0 aromatic heterocycles. The number of sulfonamides is 1. The van der Waals surface area contributed by atoms with Gasteiger partial charge in [0.25, 0.3) is 0 Å². The van der Waals surface area contributed by atoms with Crippen LogP contribution >= 0.6 is 15.9 Å². The summed E-state index contributed by atoms with van der Waals surface area (Å²) >= 11 is 3.33. The molecule has 1 aliphatic heterocycles. The van der Waals surface area contributed by atoms with Gasteiger partial charge in [-0.2, -0.15) is 0 Å². The molecule has 3 N–H and O–H groups in total. The summed E-state index contributed by atoms with van der Waals surface area (Å²) in [6, 6.07) is 3.42. The summed E-state index contributed by atoms with van der Waals surface area (Å²) < 4.78 is 33.3. The van der Waals surface area contributed by atoms with Gasteiger partial charge in [0.2, 0.25) is 10.0 Å². The van der Waals surface area contributed by atoms with Gasteiger partial charge in [-0.25, -0.2) is 13.1 Å². The number of rotatable bonds is 5. The third kappa shape index (κ3) is 3.47. The third-order valence-corrected chi connectivity index (χ3v) is 4.82. The fourth-order valence-corrected chi connectivity index (χ4v) is 3.85. The van der Waals surface area contributed by atoms with E-state index in [-0.39, 0.29) is 10.9 Å². The van der Waals surface area contributed by atoms with Crippen molar-refractivity contribution in [3.63, 3.8) is 0 Å². The van der Waals surface area contributed by atoms with Crippen LogP contribution in [0.1, 0.15) is 18.9 Å². The molecule has 1 aromatic rings. The second kappa shape index (κ2) is 5.78. The van der Waals surface area contributed by atoms with Crippen LogP contribution in [0, 0.1) is 0 Å². The highest BCUT2D eigenvalue weighted by Gasteiger charge is 2.25. The fourth-order valence-electron chi connectivity index (χ4n) is 1.93. The van der Waals surface area contributed by atoms with E-state index in [4.69, 9.17) is 10.5 Å². The third-order valence-electron chi connectivity index (χ3n) is 2.90. The molecule has 0 radical (unpaired) electrons. The number of ether oxygens (including phenoxy) is 1. The van der Waals surface area contributed by atoms with E-state index in [0.29, 0.717) is 25.3 Å². The molecule has 0 spiro atoms. The first-order valence-electron chi connectivity index (χ1n) is 6.10. The SMILES string of the molecule is CC(N)CCNS(=O)(=O)c1cc(Br)cc2c1OCC2. The molecule has 0 bridgehead atoms. The first-order valence-corrected chi connectivity index (χ1v) is 8.38. The molecule has 0 saturated heterocycles. The quantitative estimate of drug-likeness (QED) is 0.842. The van der Waals surface area contributed by atoms with E-state index in [1.54, 1.807) is 6.07 Å². The highest BCUT2D eigenvalue weighted by atomic mass is 79.9. The Hall–Kier alpha value is -0.630. The molecule has 7 heteroatoms. The lowest BCUT2D eigenvalue weighted by Crippen LogP contribution is -2.29. The zero-order valence-corrected chi connectivity index (χ0v) is 13.1. The Bertz CT molecular complexity index is 573. The fraction of sp³-hybridized carbons (Fsp3) is 0.500. The summed E-state index contributed by atoms with van der Waals surface area (Å²) in [5, 5.41) is 0. The van der Waals surface area contributed by atoms with Gasteiger partial charge in [-0.1, -0.05) is 15.9 Å². The molecular formula is C12H17BrN2O3S. The predicted octanol–water partition coefficient (Wildman–Crippen LogP) is 1.40. The van der Waals surface area contributed by atoms with Gasteiger partial charge >= 0.3 is 0 Å². The Kier molecular flexibility index (Phi) is 4.50. The van der Waals surface area contributed by atoms with Gasteiger partial charge in [0, 0.05) is 29.0 Å². The minimum Gasteiger partial charge on any atom is -0.492 e. The maximum atomic E-state index is 12.3. The topological polar surface area (TPSA) is 81.4 Å². The van der Waals surface area contributed by atoms with Gasteiger partial charge in [-0.05, 0) is 25.5 Å². The molecular weight excluding hydrogens is 332 g/mol. The molecule has 0 aliphatic carbocycles. The summed E-state index contributed by atoms with van der Waals surface area (Å²) in [7, 11) is -3.56. The Balaban J connectivity index is 2.26. The average Bonchev–Trinajstić information content (AvgIpc) is 2.74. The molecule has 1 aliphatic rings. The van der Waals surface area contributed by atoms with Crippen molar-refractivity contribution in [2.24, 2.45) is 5.73 Å². The normalized spacial score (nSPS) is 15.9. The molecule has 5 nitrogen and oxygen atoms in total. The van der Waals surface area contributed by atoms with Crippen LogP contribution in [-0.2, 0) is 16.4 Å². The van der Waals surface area contributed by atoms with E-state index in [1.165, 1.54) is 0 Å². The highest BCUT2D eigenvalue weighted by molar-refractivity contribution is 9.10. The van der Waals surface area contributed by atoms with Gasteiger partial charge < -0.3 is 10.5 Å². The van der Waals surface area contributed by atoms with Gasteiger partial charge in [0.15, 0.2) is 0 Å². The maximum absolute atomic E-state index is 12.3. The van der Waals surface area contributed by atoms with Crippen molar-refractivity contribution in [3.05, 3.63) is 22.2 Å². The van der Waals surface area contributed by atoms with Crippen molar-refractivity contribution in [2.75, 3.05) is 13.2 Å². The molecule has 2 rings (SSSR count). The molecule has 0 amide bonds. The number of hydrogen-bond acceptors (Lipinski definition) is 4. The molecule has 106 valence electrons. The standard InChI is InChI=1S/C12H17BrN2O3S/c1-8(14)2-4-15-19(16,17)11-7-10(13)6-9-3-5-18-12(9)11/h6-8,15H,2-5,14H2,1H3. The van der Waals surface area contributed by atoms with E-state index in [9.17, 15) is 8.42 Å². The number of halogens is 1. The minimum absolute atomic E-state index is 0.0350. The number of benzene rings is 1. The van der Waals surface area contributed by atoms with Crippen LogP contribution in [0.25, 0.3) is 0 Å². The first-order chi connectivity index (χ1) is 8.90. The second-order valence-corrected chi connectivity index (χ2v) is 7.31. The molecule has 1 heterocycles. The molecule has 19 heavy (non-hydrogen) atoms. The lowest BCUT2D eigenvalue weighted by Gasteiger charge is -2.12. The van der Waals surface area contributed by atoms with Crippen LogP contribution in [0.15, 0.2) is 21.5 Å². The van der Waals surface area contributed by atoms with Gasteiger partial charge in [0.05, 0.1) is 6.61 Å². The summed E-state index contributed by atoms with van der Waals surface area (Å²) in [6.45, 7) is 2.68. The van der Waals surface area contributed by atoms with Crippen molar-refractivity contribution in [3.8, 4) is 5.75 Å². The zero-order valence-electron chi connectivity index (χ0n) is 10.6.